The number of hydrogen-bond acceptors (Lipinski definition) is 3. The van der Waals surface area contributed by atoms with Crippen molar-refractivity contribution >= 4 is 11.9 Å². The van der Waals surface area contributed by atoms with E-state index in [9.17, 15) is 9.59 Å². The van der Waals surface area contributed by atoms with Gasteiger partial charge in [-0.2, -0.15) is 0 Å². The molecule has 0 unspecified atom stereocenters. The number of amides is 1. The lowest BCUT2D eigenvalue weighted by atomic mass is 10.4. The molecular formula is C10H17NO4. The molecule has 0 aliphatic heterocycles. The third-order valence-electron chi connectivity index (χ3n) is 1.65. The standard InChI is InChI=1S/C10H17NO4/c1-3-5-11(6-4-2)9(12)7-15-8-10(13)14/h3H,1,4-8H2,2H3,(H,13,14). The van der Waals surface area contributed by atoms with Crippen molar-refractivity contribution in [3.05, 3.63) is 12.7 Å². The first-order valence-electron chi connectivity index (χ1n) is 4.80. The molecule has 0 aliphatic carbocycles. The Balaban J connectivity index is 3.90. The van der Waals surface area contributed by atoms with Gasteiger partial charge in [-0.15, -0.1) is 6.58 Å². The zero-order valence-corrected chi connectivity index (χ0v) is 8.94. The van der Waals surface area contributed by atoms with Gasteiger partial charge >= 0.3 is 5.97 Å². The van der Waals surface area contributed by atoms with E-state index in [2.05, 4.69) is 6.58 Å². The van der Waals surface area contributed by atoms with E-state index in [1.165, 1.54) is 0 Å². The molecule has 5 heteroatoms. The fraction of sp³-hybridized carbons (Fsp3) is 0.600. The van der Waals surface area contributed by atoms with Gasteiger partial charge in [0.1, 0.15) is 13.2 Å². The van der Waals surface area contributed by atoms with Crippen molar-refractivity contribution < 1.29 is 19.4 Å². The van der Waals surface area contributed by atoms with Crippen LogP contribution in [0.4, 0.5) is 0 Å². The third-order valence-corrected chi connectivity index (χ3v) is 1.65. The second kappa shape index (κ2) is 7.99. The Morgan fingerprint density at radius 2 is 2.13 bits per heavy atom. The zero-order valence-electron chi connectivity index (χ0n) is 8.94. The monoisotopic (exact) mass is 215 g/mol. The van der Waals surface area contributed by atoms with Crippen molar-refractivity contribution in [3.63, 3.8) is 0 Å². The molecule has 0 spiro atoms. The number of nitrogens with zero attached hydrogens (tertiary/aromatic N) is 1. The highest BCUT2D eigenvalue weighted by atomic mass is 16.5. The maximum absolute atomic E-state index is 11.5. The van der Waals surface area contributed by atoms with Gasteiger partial charge in [-0.05, 0) is 6.42 Å². The Morgan fingerprint density at radius 3 is 2.60 bits per heavy atom. The summed E-state index contributed by atoms with van der Waals surface area (Å²) in [5, 5.41) is 8.31. The number of hydrogen-bond donors (Lipinski definition) is 1. The summed E-state index contributed by atoms with van der Waals surface area (Å²) in [5.74, 6) is -1.29. The second-order valence-electron chi connectivity index (χ2n) is 3.01. The first-order chi connectivity index (χ1) is 7.11. The Labute approximate surface area is 89.3 Å². The molecule has 0 heterocycles. The SMILES string of the molecule is C=CCN(CCC)C(=O)COCC(=O)O. The molecule has 0 saturated heterocycles. The molecule has 0 aromatic rings. The number of rotatable bonds is 8. The van der Waals surface area contributed by atoms with Gasteiger partial charge in [-0.1, -0.05) is 13.0 Å². The molecule has 0 atom stereocenters. The molecule has 86 valence electrons. The number of aliphatic carboxylic acids is 1. The van der Waals surface area contributed by atoms with Crippen LogP contribution in [0.3, 0.4) is 0 Å². The molecule has 0 saturated carbocycles. The van der Waals surface area contributed by atoms with Gasteiger partial charge in [0.15, 0.2) is 0 Å². The van der Waals surface area contributed by atoms with Crippen LogP contribution in [0.25, 0.3) is 0 Å². The normalized spacial score (nSPS) is 9.67. The summed E-state index contributed by atoms with van der Waals surface area (Å²) in [6.45, 7) is 5.95. The van der Waals surface area contributed by atoms with Gasteiger partial charge < -0.3 is 14.7 Å². The van der Waals surface area contributed by atoms with Crippen LogP contribution in [0.15, 0.2) is 12.7 Å². The predicted molar refractivity (Wildman–Crippen MR) is 55.5 cm³/mol. The lowest BCUT2D eigenvalue weighted by Crippen LogP contribution is -2.35. The summed E-state index contributed by atoms with van der Waals surface area (Å²) in [6, 6.07) is 0. The molecule has 0 radical (unpaired) electrons. The van der Waals surface area contributed by atoms with E-state index < -0.39 is 12.6 Å². The molecule has 0 rings (SSSR count). The van der Waals surface area contributed by atoms with Crippen molar-refractivity contribution in [2.45, 2.75) is 13.3 Å². The smallest absolute Gasteiger partial charge is 0.329 e. The fourth-order valence-electron chi connectivity index (χ4n) is 1.06. The molecule has 5 nitrogen and oxygen atoms in total. The maximum Gasteiger partial charge on any atom is 0.329 e. The predicted octanol–water partition coefficient (Wildman–Crippen LogP) is 0.512. The molecule has 0 aromatic heterocycles. The molecule has 1 N–H and O–H groups in total. The molecule has 0 bridgehead atoms. The fourth-order valence-corrected chi connectivity index (χ4v) is 1.06. The first kappa shape index (κ1) is 13.6. The van der Waals surface area contributed by atoms with E-state index in [-0.39, 0.29) is 12.5 Å². The zero-order chi connectivity index (χ0) is 11.7. The van der Waals surface area contributed by atoms with Crippen molar-refractivity contribution in [1.82, 2.24) is 4.90 Å². The topological polar surface area (TPSA) is 66.8 Å². The number of carboxylic acids is 1. The van der Waals surface area contributed by atoms with Gasteiger partial charge in [-0.3, -0.25) is 4.79 Å². The van der Waals surface area contributed by atoms with E-state index in [1.807, 2.05) is 6.92 Å². The minimum atomic E-state index is -1.08. The minimum Gasteiger partial charge on any atom is -0.480 e. The number of carboxylic acid groups (broad SMARTS) is 1. The molecule has 0 aromatic carbocycles. The Hall–Kier alpha value is -1.36. The molecule has 0 fully saturated rings. The van der Waals surface area contributed by atoms with Crippen LogP contribution in [0, 0.1) is 0 Å². The highest BCUT2D eigenvalue weighted by Gasteiger charge is 2.11. The number of carbonyl (C=O) groups excluding carboxylic acids is 1. The van der Waals surface area contributed by atoms with Crippen LogP contribution in [0.1, 0.15) is 13.3 Å². The Bertz CT molecular complexity index is 227. The van der Waals surface area contributed by atoms with Crippen LogP contribution >= 0.6 is 0 Å². The molecule has 1 amide bonds. The number of ether oxygens (including phenoxy) is 1. The Morgan fingerprint density at radius 1 is 1.47 bits per heavy atom. The van der Waals surface area contributed by atoms with Gasteiger partial charge in [0.2, 0.25) is 5.91 Å². The molecule has 15 heavy (non-hydrogen) atoms. The summed E-state index contributed by atoms with van der Waals surface area (Å²) >= 11 is 0. The molecule has 0 aliphatic rings. The lowest BCUT2D eigenvalue weighted by Gasteiger charge is -2.19. The average Bonchev–Trinajstić information content (AvgIpc) is 2.16. The van der Waals surface area contributed by atoms with Crippen LogP contribution in [-0.4, -0.2) is 48.2 Å². The van der Waals surface area contributed by atoms with Gasteiger partial charge in [0.05, 0.1) is 0 Å². The van der Waals surface area contributed by atoms with Crippen molar-refractivity contribution in [1.29, 1.82) is 0 Å². The van der Waals surface area contributed by atoms with Crippen LogP contribution < -0.4 is 0 Å². The van der Waals surface area contributed by atoms with Gasteiger partial charge in [-0.25, -0.2) is 4.79 Å². The van der Waals surface area contributed by atoms with E-state index >= 15 is 0 Å². The van der Waals surface area contributed by atoms with E-state index in [0.717, 1.165) is 6.42 Å². The summed E-state index contributed by atoms with van der Waals surface area (Å²) in [5.41, 5.74) is 0. The lowest BCUT2D eigenvalue weighted by molar-refractivity contribution is -0.145. The van der Waals surface area contributed by atoms with E-state index in [4.69, 9.17) is 9.84 Å². The number of carbonyl (C=O) groups is 2. The quantitative estimate of drug-likeness (QED) is 0.599. The highest BCUT2D eigenvalue weighted by Crippen LogP contribution is 1.94. The molecular weight excluding hydrogens is 198 g/mol. The summed E-state index contributed by atoms with van der Waals surface area (Å²) < 4.78 is 4.71. The van der Waals surface area contributed by atoms with Crippen LogP contribution in [0.2, 0.25) is 0 Å². The van der Waals surface area contributed by atoms with E-state index in [0.29, 0.717) is 13.1 Å². The minimum absolute atomic E-state index is 0.194. The van der Waals surface area contributed by atoms with Crippen molar-refractivity contribution in [2.24, 2.45) is 0 Å². The average molecular weight is 215 g/mol. The third kappa shape index (κ3) is 6.68. The summed E-state index contributed by atoms with van der Waals surface area (Å²) in [6.07, 6.45) is 2.48. The van der Waals surface area contributed by atoms with Gasteiger partial charge in [0, 0.05) is 13.1 Å². The van der Waals surface area contributed by atoms with Crippen LogP contribution in [-0.2, 0) is 14.3 Å². The van der Waals surface area contributed by atoms with Crippen molar-refractivity contribution in [2.75, 3.05) is 26.3 Å². The van der Waals surface area contributed by atoms with E-state index in [1.54, 1.807) is 11.0 Å². The highest BCUT2D eigenvalue weighted by molar-refractivity contribution is 5.78. The van der Waals surface area contributed by atoms with Crippen molar-refractivity contribution in [3.8, 4) is 0 Å². The largest absolute Gasteiger partial charge is 0.480 e. The maximum atomic E-state index is 11.5. The Kier molecular flexibility index (Phi) is 7.27. The first-order valence-corrected chi connectivity index (χ1v) is 4.80. The summed E-state index contributed by atoms with van der Waals surface area (Å²) in [7, 11) is 0. The summed E-state index contributed by atoms with van der Waals surface area (Å²) in [4.78, 5) is 23.2. The van der Waals surface area contributed by atoms with Crippen LogP contribution in [0.5, 0.6) is 0 Å². The van der Waals surface area contributed by atoms with Gasteiger partial charge in [0.25, 0.3) is 0 Å². The second-order valence-corrected chi connectivity index (χ2v) is 3.01.